The van der Waals surface area contributed by atoms with Gasteiger partial charge in [-0.3, -0.25) is 4.98 Å². The number of hydrogen-bond donors (Lipinski definition) is 1. The van der Waals surface area contributed by atoms with Crippen molar-refractivity contribution in [2.75, 3.05) is 7.11 Å². The fraction of sp³-hybridized carbons (Fsp3) is 0.360. The number of aromatic nitrogens is 2. The number of nitrogens with zero attached hydrogens (tertiary/aromatic N) is 1. The molecule has 3 rings (SSSR count). The van der Waals surface area contributed by atoms with Crippen molar-refractivity contribution in [2.45, 2.75) is 51.9 Å². The maximum atomic E-state index is 12.0. The van der Waals surface area contributed by atoms with Crippen LogP contribution in [0.5, 0.6) is 0 Å². The van der Waals surface area contributed by atoms with Gasteiger partial charge >= 0.3 is 5.97 Å². The Morgan fingerprint density at radius 3 is 2.79 bits per heavy atom. The average molecular weight is 391 g/mol. The number of aromatic amines is 1. The summed E-state index contributed by atoms with van der Waals surface area (Å²) < 4.78 is 4.90. The number of carbonyl (C=O) groups excluding carboxylic acids is 1. The Kier molecular flexibility index (Phi) is 6.86. The predicted molar refractivity (Wildman–Crippen MR) is 120 cm³/mol. The molecule has 0 aliphatic carbocycles. The van der Waals surface area contributed by atoms with Crippen molar-refractivity contribution in [2.24, 2.45) is 0 Å². The second-order valence-corrected chi connectivity index (χ2v) is 7.41. The van der Waals surface area contributed by atoms with Crippen LogP contribution in [-0.2, 0) is 4.74 Å². The molecule has 0 spiro atoms. The molecule has 0 saturated carbocycles. The number of benzene rings is 1. The number of H-pyrrole nitrogens is 1. The second kappa shape index (κ2) is 9.55. The fourth-order valence-corrected chi connectivity index (χ4v) is 4.09. The highest BCUT2D eigenvalue weighted by Crippen LogP contribution is 2.40. The molecule has 0 bridgehead atoms. The van der Waals surface area contributed by atoms with Crippen LogP contribution >= 0.6 is 0 Å². The van der Waals surface area contributed by atoms with Crippen LogP contribution in [0.3, 0.4) is 0 Å². The minimum atomic E-state index is -0.326. The summed E-state index contributed by atoms with van der Waals surface area (Å²) in [6.07, 6.45) is 9.45. The van der Waals surface area contributed by atoms with E-state index in [-0.39, 0.29) is 5.97 Å². The summed E-state index contributed by atoms with van der Waals surface area (Å²) in [5, 5.41) is 1.16. The van der Waals surface area contributed by atoms with Crippen molar-refractivity contribution in [1.29, 1.82) is 0 Å². The Morgan fingerprint density at radius 1 is 1.28 bits per heavy atom. The van der Waals surface area contributed by atoms with Crippen LogP contribution in [0.1, 0.15) is 73.5 Å². The first-order valence-electron chi connectivity index (χ1n) is 10.5. The van der Waals surface area contributed by atoms with Crippen LogP contribution in [0.4, 0.5) is 0 Å². The third kappa shape index (κ3) is 4.26. The van der Waals surface area contributed by atoms with Gasteiger partial charge in [0.05, 0.1) is 24.1 Å². The van der Waals surface area contributed by atoms with Crippen LogP contribution in [0.2, 0.25) is 0 Å². The van der Waals surface area contributed by atoms with E-state index in [0.29, 0.717) is 11.5 Å². The van der Waals surface area contributed by atoms with Crippen molar-refractivity contribution in [3.8, 4) is 11.3 Å². The number of esters is 1. The molecule has 0 amide bonds. The summed E-state index contributed by atoms with van der Waals surface area (Å²) in [6, 6.07) is 9.82. The third-order valence-electron chi connectivity index (χ3n) is 5.62. The number of rotatable bonds is 9. The molecule has 152 valence electrons. The summed E-state index contributed by atoms with van der Waals surface area (Å²) in [6.45, 7) is 8.42. The number of ether oxygens (including phenoxy) is 1. The molecule has 2 heterocycles. The SMILES string of the molecule is C=Cc1ncccc1-c1[nH]c2cc(C(=O)OC)ccc2c1C(CC)CCCCC. The third-order valence-corrected chi connectivity index (χ3v) is 5.62. The van der Waals surface area contributed by atoms with E-state index < -0.39 is 0 Å². The topological polar surface area (TPSA) is 55.0 Å². The van der Waals surface area contributed by atoms with Gasteiger partial charge in [0.25, 0.3) is 0 Å². The monoisotopic (exact) mass is 390 g/mol. The van der Waals surface area contributed by atoms with Gasteiger partial charge in [0, 0.05) is 22.7 Å². The Morgan fingerprint density at radius 2 is 2.10 bits per heavy atom. The van der Waals surface area contributed by atoms with Gasteiger partial charge in [-0.1, -0.05) is 45.8 Å². The molecule has 0 saturated heterocycles. The van der Waals surface area contributed by atoms with Crippen molar-refractivity contribution < 1.29 is 9.53 Å². The molecular formula is C25H30N2O2. The lowest BCUT2D eigenvalue weighted by molar-refractivity contribution is 0.0601. The summed E-state index contributed by atoms with van der Waals surface area (Å²) >= 11 is 0. The van der Waals surface area contributed by atoms with Gasteiger partial charge in [0.2, 0.25) is 0 Å². The minimum absolute atomic E-state index is 0.326. The number of carbonyl (C=O) groups is 1. The van der Waals surface area contributed by atoms with Gasteiger partial charge in [-0.2, -0.15) is 0 Å². The van der Waals surface area contributed by atoms with E-state index in [2.05, 4.69) is 36.5 Å². The number of methoxy groups -OCH3 is 1. The standard InChI is InChI=1S/C25H30N2O2/c1-5-8-9-11-17(6-2)23-19-14-13-18(25(28)29-4)16-22(19)27-24(23)20-12-10-15-26-21(20)7-3/h7,10,12-17,27H,3,5-6,8-9,11H2,1-2,4H3. The maximum Gasteiger partial charge on any atom is 0.337 e. The van der Waals surface area contributed by atoms with Gasteiger partial charge in [-0.15, -0.1) is 0 Å². The first-order valence-corrected chi connectivity index (χ1v) is 10.5. The lowest BCUT2D eigenvalue weighted by atomic mass is 9.87. The number of pyridine rings is 1. The largest absolute Gasteiger partial charge is 0.465 e. The summed E-state index contributed by atoms with van der Waals surface area (Å²) in [5.41, 5.74) is 5.79. The van der Waals surface area contributed by atoms with Crippen molar-refractivity contribution >= 4 is 22.9 Å². The van der Waals surface area contributed by atoms with Crippen molar-refractivity contribution in [3.63, 3.8) is 0 Å². The first kappa shape index (κ1) is 20.8. The second-order valence-electron chi connectivity index (χ2n) is 7.41. The van der Waals surface area contributed by atoms with E-state index in [1.165, 1.54) is 31.9 Å². The Labute approximate surface area is 173 Å². The van der Waals surface area contributed by atoms with E-state index in [0.717, 1.165) is 40.7 Å². The molecule has 1 aromatic carbocycles. The van der Waals surface area contributed by atoms with Crippen LogP contribution in [-0.4, -0.2) is 23.0 Å². The number of nitrogens with one attached hydrogen (secondary N) is 1. The number of hydrogen-bond acceptors (Lipinski definition) is 3. The molecule has 4 heteroatoms. The van der Waals surface area contributed by atoms with Gasteiger partial charge in [-0.05, 0) is 54.7 Å². The molecule has 3 aromatic rings. The lowest BCUT2D eigenvalue weighted by Crippen LogP contribution is -2.01. The average Bonchev–Trinajstić information content (AvgIpc) is 3.14. The van der Waals surface area contributed by atoms with Crippen LogP contribution in [0, 0.1) is 0 Å². The zero-order valence-electron chi connectivity index (χ0n) is 17.6. The van der Waals surface area contributed by atoms with E-state index in [4.69, 9.17) is 4.74 Å². The first-order chi connectivity index (χ1) is 14.1. The number of unbranched alkanes of at least 4 members (excludes halogenated alkanes) is 2. The quantitative estimate of drug-likeness (QED) is 0.325. The fourth-order valence-electron chi connectivity index (χ4n) is 4.09. The smallest absolute Gasteiger partial charge is 0.337 e. The Hall–Kier alpha value is -2.88. The van der Waals surface area contributed by atoms with Crippen LogP contribution in [0.25, 0.3) is 28.2 Å². The highest BCUT2D eigenvalue weighted by atomic mass is 16.5. The van der Waals surface area contributed by atoms with Crippen LogP contribution in [0.15, 0.2) is 43.1 Å². The van der Waals surface area contributed by atoms with E-state index in [1.807, 2.05) is 24.3 Å². The summed E-state index contributed by atoms with van der Waals surface area (Å²) in [4.78, 5) is 20.1. The van der Waals surface area contributed by atoms with E-state index in [9.17, 15) is 4.79 Å². The molecule has 0 fully saturated rings. The minimum Gasteiger partial charge on any atom is -0.465 e. The van der Waals surface area contributed by atoms with Crippen molar-refractivity contribution in [1.82, 2.24) is 9.97 Å². The highest BCUT2D eigenvalue weighted by Gasteiger charge is 2.22. The van der Waals surface area contributed by atoms with E-state index in [1.54, 1.807) is 12.3 Å². The molecule has 29 heavy (non-hydrogen) atoms. The van der Waals surface area contributed by atoms with Crippen molar-refractivity contribution in [3.05, 3.63) is 59.9 Å². The van der Waals surface area contributed by atoms with Gasteiger partial charge < -0.3 is 9.72 Å². The summed E-state index contributed by atoms with van der Waals surface area (Å²) in [5.74, 6) is 0.111. The predicted octanol–water partition coefficient (Wildman–Crippen LogP) is 6.73. The zero-order valence-corrected chi connectivity index (χ0v) is 17.6. The molecule has 4 nitrogen and oxygen atoms in total. The Bertz CT molecular complexity index is 1000. The van der Waals surface area contributed by atoms with Gasteiger partial charge in [0.1, 0.15) is 0 Å². The van der Waals surface area contributed by atoms with Gasteiger partial charge in [0.15, 0.2) is 0 Å². The number of fused-ring (bicyclic) bond motifs is 1. The summed E-state index contributed by atoms with van der Waals surface area (Å²) in [7, 11) is 1.41. The molecule has 2 aromatic heterocycles. The molecule has 0 aliphatic heterocycles. The molecule has 1 N–H and O–H groups in total. The lowest BCUT2D eigenvalue weighted by Gasteiger charge is -2.17. The molecule has 1 atom stereocenters. The van der Waals surface area contributed by atoms with Gasteiger partial charge in [-0.25, -0.2) is 4.79 Å². The molecular weight excluding hydrogens is 360 g/mol. The Balaban J connectivity index is 2.21. The molecule has 0 radical (unpaired) electrons. The zero-order chi connectivity index (χ0) is 20.8. The maximum absolute atomic E-state index is 12.0. The highest BCUT2D eigenvalue weighted by molar-refractivity contribution is 5.98. The molecule has 1 unspecified atom stereocenters. The van der Waals surface area contributed by atoms with E-state index >= 15 is 0 Å². The molecule has 0 aliphatic rings. The normalized spacial score (nSPS) is 12.1. The van der Waals surface area contributed by atoms with Crippen LogP contribution < -0.4 is 0 Å².